The van der Waals surface area contributed by atoms with E-state index < -0.39 is 0 Å². The van der Waals surface area contributed by atoms with Gasteiger partial charge in [-0.3, -0.25) is 9.89 Å². The second kappa shape index (κ2) is 5.49. The van der Waals surface area contributed by atoms with Crippen LogP contribution >= 0.6 is 0 Å². The zero-order chi connectivity index (χ0) is 15.8. The number of amides is 1. The van der Waals surface area contributed by atoms with Crippen LogP contribution in [0.25, 0.3) is 5.65 Å². The minimum absolute atomic E-state index is 0.0163. The summed E-state index contributed by atoms with van der Waals surface area (Å²) in [5.74, 6) is -0.0163. The first kappa shape index (κ1) is 13.9. The summed E-state index contributed by atoms with van der Waals surface area (Å²) >= 11 is 0. The lowest BCUT2D eigenvalue weighted by Crippen LogP contribution is -2.39. The summed E-state index contributed by atoms with van der Waals surface area (Å²) in [5, 5.41) is 11.4. The Labute approximate surface area is 133 Å². The van der Waals surface area contributed by atoms with Crippen molar-refractivity contribution in [3.05, 3.63) is 47.7 Å². The van der Waals surface area contributed by atoms with Crippen molar-refractivity contribution in [3.63, 3.8) is 0 Å². The predicted molar refractivity (Wildman–Crippen MR) is 83.9 cm³/mol. The number of H-pyrrole nitrogens is 1. The molecule has 0 bridgehead atoms. The van der Waals surface area contributed by atoms with Crippen molar-refractivity contribution in [3.8, 4) is 0 Å². The van der Waals surface area contributed by atoms with E-state index in [4.69, 9.17) is 0 Å². The van der Waals surface area contributed by atoms with E-state index in [2.05, 4.69) is 20.3 Å². The molecule has 23 heavy (non-hydrogen) atoms. The van der Waals surface area contributed by atoms with Crippen molar-refractivity contribution < 1.29 is 4.79 Å². The Morgan fingerprint density at radius 2 is 2.26 bits per heavy atom. The Balaban J connectivity index is 1.72. The molecule has 0 aromatic carbocycles. The van der Waals surface area contributed by atoms with Crippen molar-refractivity contribution in [2.45, 2.75) is 32.2 Å². The van der Waals surface area contributed by atoms with Gasteiger partial charge in [-0.05, 0) is 37.8 Å². The van der Waals surface area contributed by atoms with E-state index in [0.29, 0.717) is 11.2 Å². The molecule has 1 saturated heterocycles. The number of nitrogens with one attached hydrogen (secondary N) is 1. The van der Waals surface area contributed by atoms with E-state index in [0.717, 1.165) is 37.1 Å². The predicted octanol–water partition coefficient (Wildman–Crippen LogP) is 2.13. The summed E-state index contributed by atoms with van der Waals surface area (Å²) in [5.41, 5.74) is 3.27. The fourth-order valence-corrected chi connectivity index (χ4v) is 3.30. The molecule has 1 aliphatic rings. The molecule has 0 aliphatic carbocycles. The van der Waals surface area contributed by atoms with E-state index in [1.54, 1.807) is 29.2 Å². The van der Waals surface area contributed by atoms with Crippen molar-refractivity contribution in [1.29, 1.82) is 0 Å². The number of carbonyl (C=O) groups is 1. The Kier molecular flexibility index (Phi) is 3.33. The highest BCUT2D eigenvalue weighted by molar-refractivity contribution is 5.99. The molecule has 4 heterocycles. The van der Waals surface area contributed by atoms with Crippen LogP contribution in [-0.2, 0) is 0 Å². The molecule has 3 aromatic rings. The SMILES string of the molecule is Cc1cn[nH]c1C1CCCCN1C(=O)c1cnn2cccnc12. The van der Waals surface area contributed by atoms with Crippen LogP contribution in [0.15, 0.2) is 30.9 Å². The van der Waals surface area contributed by atoms with Gasteiger partial charge in [0.1, 0.15) is 5.56 Å². The summed E-state index contributed by atoms with van der Waals surface area (Å²) in [7, 11) is 0. The van der Waals surface area contributed by atoms with E-state index >= 15 is 0 Å². The third-order valence-corrected chi connectivity index (χ3v) is 4.47. The number of rotatable bonds is 2. The average Bonchev–Trinajstić information content (AvgIpc) is 3.20. The summed E-state index contributed by atoms with van der Waals surface area (Å²) in [4.78, 5) is 19.3. The topological polar surface area (TPSA) is 79.2 Å². The van der Waals surface area contributed by atoms with Gasteiger partial charge >= 0.3 is 0 Å². The normalized spacial score (nSPS) is 18.5. The molecule has 4 rings (SSSR count). The van der Waals surface area contributed by atoms with Crippen molar-refractivity contribution in [2.75, 3.05) is 6.54 Å². The molecule has 3 aromatic heterocycles. The number of nitrogens with zero attached hydrogens (tertiary/aromatic N) is 5. The maximum absolute atomic E-state index is 13.1. The highest BCUT2D eigenvalue weighted by atomic mass is 16.2. The van der Waals surface area contributed by atoms with E-state index in [9.17, 15) is 4.79 Å². The Morgan fingerprint density at radius 3 is 3.09 bits per heavy atom. The van der Waals surface area contributed by atoms with Gasteiger partial charge in [0.2, 0.25) is 0 Å². The summed E-state index contributed by atoms with van der Waals surface area (Å²) in [6.45, 7) is 2.76. The number of likely N-dealkylation sites (tertiary alicyclic amines) is 1. The quantitative estimate of drug-likeness (QED) is 0.786. The Bertz CT molecular complexity index is 851. The van der Waals surface area contributed by atoms with Crippen LogP contribution in [0.4, 0.5) is 0 Å². The van der Waals surface area contributed by atoms with Gasteiger partial charge in [0.05, 0.1) is 24.1 Å². The maximum atomic E-state index is 13.1. The maximum Gasteiger partial charge on any atom is 0.259 e. The Morgan fingerprint density at radius 1 is 1.35 bits per heavy atom. The average molecular weight is 310 g/mol. The molecule has 7 heteroatoms. The van der Waals surface area contributed by atoms with Gasteiger partial charge in [0.25, 0.3) is 5.91 Å². The van der Waals surface area contributed by atoms with Crippen molar-refractivity contribution >= 4 is 11.6 Å². The van der Waals surface area contributed by atoms with Crippen molar-refractivity contribution in [1.82, 2.24) is 29.7 Å². The van der Waals surface area contributed by atoms with E-state index in [1.165, 1.54) is 0 Å². The smallest absolute Gasteiger partial charge is 0.259 e. The number of carbonyl (C=O) groups excluding carboxylic acids is 1. The van der Waals surface area contributed by atoms with Crippen LogP contribution < -0.4 is 0 Å². The first-order valence-electron chi connectivity index (χ1n) is 7.85. The van der Waals surface area contributed by atoms with Gasteiger partial charge in [-0.15, -0.1) is 0 Å². The van der Waals surface area contributed by atoms with Crippen LogP contribution in [-0.4, -0.2) is 42.1 Å². The lowest BCUT2D eigenvalue weighted by Gasteiger charge is -2.35. The minimum Gasteiger partial charge on any atom is -0.330 e. The molecule has 1 aliphatic heterocycles. The van der Waals surface area contributed by atoms with Gasteiger partial charge in [-0.25, -0.2) is 9.50 Å². The molecule has 1 atom stereocenters. The summed E-state index contributed by atoms with van der Waals surface area (Å²) < 4.78 is 1.63. The summed E-state index contributed by atoms with van der Waals surface area (Å²) in [6.07, 6.45) is 9.97. The van der Waals surface area contributed by atoms with E-state index in [1.807, 2.05) is 18.0 Å². The zero-order valence-electron chi connectivity index (χ0n) is 12.9. The number of piperidine rings is 1. The lowest BCUT2D eigenvalue weighted by atomic mass is 9.96. The molecule has 0 radical (unpaired) electrons. The lowest BCUT2D eigenvalue weighted by molar-refractivity contribution is 0.0607. The highest BCUT2D eigenvalue weighted by Gasteiger charge is 2.32. The Hall–Kier alpha value is -2.70. The molecular formula is C16H18N6O. The molecule has 1 amide bonds. The molecule has 1 N–H and O–H groups in total. The third-order valence-electron chi connectivity index (χ3n) is 4.47. The van der Waals surface area contributed by atoms with Gasteiger partial charge in [0.15, 0.2) is 5.65 Å². The molecule has 1 unspecified atom stereocenters. The fourth-order valence-electron chi connectivity index (χ4n) is 3.30. The number of aromatic amines is 1. The van der Waals surface area contributed by atoms with Gasteiger partial charge in [-0.1, -0.05) is 0 Å². The molecule has 0 spiro atoms. The number of hydrogen-bond acceptors (Lipinski definition) is 4. The molecule has 7 nitrogen and oxygen atoms in total. The number of fused-ring (bicyclic) bond motifs is 1. The van der Waals surface area contributed by atoms with Gasteiger partial charge in [0, 0.05) is 18.9 Å². The van der Waals surface area contributed by atoms with Crippen LogP contribution in [0.3, 0.4) is 0 Å². The largest absolute Gasteiger partial charge is 0.330 e. The summed E-state index contributed by atoms with van der Waals surface area (Å²) in [6, 6.07) is 1.84. The highest BCUT2D eigenvalue weighted by Crippen LogP contribution is 2.32. The minimum atomic E-state index is -0.0163. The molecule has 118 valence electrons. The monoisotopic (exact) mass is 310 g/mol. The number of aromatic nitrogens is 5. The van der Waals surface area contributed by atoms with Crippen LogP contribution in [0.1, 0.15) is 46.9 Å². The second-order valence-electron chi connectivity index (χ2n) is 5.92. The van der Waals surface area contributed by atoms with Gasteiger partial charge < -0.3 is 4.90 Å². The molecular weight excluding hydrogens is 292 g/mol. The first-order valence-corrected chi connectivity index (χ1v) is 7.85. The molecule has 0 saturated carbocycles. The third kappa shape index (κ3) is 2.28. The second-order valence-corrected chi connectivity index (χ2v) is 5.92. The number of hydrogen-bond donors (Lipinski definition) is 1. The fraction of sp³-hybridized carbons (Fsp3) is 0.375. The van der Waals surface area contributed by atoms with E-state index in [-0.39, 0.29) is 11.9 Å². The van der Waals surface area contributed by atoms with Gasteiger partial charge in [-0.2, -0.15) is 10.2 Å². The molecule has 1 fully saturated rings. The van der Waals surface area contributed by atoms with Crippen LogP contribution in [0, 0.1) is 6.92 Å². The van der Waals surface area contributed by atoms with Crippen LogP contribution in [0.5, 0.6) is 0 Å². The standard InChI is InChI=1S/C16H18N6O/c1-11-9-18-20-14(11)13-5-2-3-7-21(13)16(23)12-10-19-22-8-4-6-17-15(12)22/h4,6,8-10,13H,2-3,5,7H2,1H3,(H,18,20). The first-order chi connectivity index (χ1) is 11.3. The zero-order valence-corrected chi connectivity index (χ0v) is 12.9. The number of aryl methyl sites for hydroxylation is 1. The van der Waals surface area contributed by atoms with Crippen molar-refractivity contribution in [2.24, 2.45) is 0 Å². The van der Waals surface area contributed by atoms with Crippen LogP contribution in [0.2, 0.25) is 0 Å².